The van der Waals surface area contributed by atoms with Gasteiger partial charge in [0.25, 0.3) is 0 Å². The smallest absolute Gasteiger partial charge is 0.504 e. The number of piperidine rings is 1. The van der Waals surface area contributed by atoms with Gasteiger partial charge in [-0.15, -0.1) is 13.2 Å². The van der Waals surface area contributed by atoms with Crippen LogP contribution in [-0.4, -0.2) is 76.2 Å². The quantitative estimate of drug-likeness (QED) is 0.336. The molecule has 2 heterocycles. The molecule has 2 aliphatic heterocycles. The maximum absolute atomic E-state index is 13.6. The van der Waals surface area contributed by atoms with Crippen molar-refractivity contribution in [3.63, 3.8) is 0 Å². The molecule has 242 valence electrons. The molecule has 10 heteroatoms. The van der Waals surface area contributed by atoms with Gasteiger partial charge in [-0.2, -0.15) is 0 Å². The van der Waals surface area contributed by atoms with Crippen molar-refractivity contribution in [1.29, 1.82) is 0 Å². The van der Waals surface area contributed by atoms with E-state index in [1.54, 1.807) is 24.1 Å². The first-order valence-corrected chi connectivity index (χ1v) is 15.7. The molecule has 0 radical (unpaired) electrons. The van der Waals surface area contributed by atoms with E-state index in [2.05, 4.69) is 21.8 Å². The van der Waals surface area contributed by atoms with Crippen LogP contribution in [0.3, 0.4) is 0 Å². The van der Waals surface area contributed by atoms with Crippen LogP contribution in [0.4, 0.5) is 13.2 Å². The number of ether oxygens (including phenoxy) is 2. The molecule has 3 aromatic rings. The largest absolute Gasteiger partial charge is 0.573 e. The van der Waals surface area contributed by atoms with Crippen LogP contribution in [0.5, 0.6) is 17.2 Å². The Morgan fingerprint density at radius 1 is 1.15 bits per heavy atom. The number of benzene rings is 3. The number of hydrogen-bond acceptors (Lipinski definition) is 6. The first kappa shape index (κ1) is 30.6. The molecule has 6 atom stereocenters. The molecule has 3 aromatic carbocycles. The van der Waals surface area contributed by atoms with Crippen LogP contribution in [0.2, 0.25) is 0 Å². The summed E-state index contributed by atoms with van der Waals surface area (Å²) < 4.78 is 48.8. The highest BCUT2D eigenvalue weighted by molar-refractivity contribution is 5.92. The molecule has 2 bridgehead atoms. The molecule has 2 aliphatic carbocycles. The topological polar surface area (TPSA) is 82.5 Å². The number of phenolic OH excluding ortho intramolecular Hbond substituents is 1. The summed E-state index contributed by atoms with van der Waals surface area (Å²) in [6.45, 7) is 3.56. The summed E-state index contributed by atoms with van der Waals surface area (Å²) >= 11 is 0. The van der Waals surface area contributed by atoms with E-state index in [9.17, 15) is 28.2 Å². The molecule has 7 nitrogen and oxygen atoms in total. The monoisotopic (exact) mass is 634 g/mol. The Morgan fingerprint density at radius 3 is 2.70 bits per heavy atom. The lowest BCUT2D eigenvalue weighted by molar-refractivity contribution is -0.274. The number of halogens is 3. The van der Waals surface area contributed by atoms with Crippen LogP contribution >= 0.6 is 0 Å². The van der Waals surface area contributed by atoms with Gasteiger partial charge in [-0.1, -0.05) is 55.5 Å². The van der Waals surface area contributed by atoms with Gasteiger partial charge in [0, 0.05) is 31.3 Å². The van der Waals surface area contributed by atoms with Crippen molar-refractivity contribution < 1.29 is 37.7 Å². The number of amides is 1. The normalized spacial score (nSPS) is 29.7. The maximum atomic E-state index is 13.6. The molecule has 1 saturated carbocycles. The minimum absolute atomic E-state index is 0.0241. The molecule has 1 saturated heterocycles. The van der Waals surface area contributed by atoms with Crippen LogP contribution < -0.4 is 9.47 Å². The fraction of sp³-hybridized carbons (Fsp3) is 0.417. The van der Waals surface area contributed by atoms with Crippen molar-refractivity contribution in [2.45, 2.75) is 68.2 Å². The third-order valence-electron chi connectivity index (χ3n) is 10.7. The number of alkyl halides is 3. The van der Waals surface area contributed by atoms with Gasteiger partial charge in [0.15, 0.2) is 11.5 Å². The van der Waals surface area contributed by atoms with E-state index in [4.69, 9.17) is 4.74 Å². The minimum Gasteiger partial charge on any atom is -0.504 e. The van der Waals surface area contributed by atoms with Gasteiger partial charge < -0.3 is 24.6 Å². The second-order valence-corrected chi connectivity index (χ2v) is 13.2. The highest BCUT2D eigenvalue weighted by Gasteiger charge is 2.74. The van der Waals surface area contributed by atoms with E-state index in [1.165, 1.54) is 35.9 Å². The number of likely N-dealkylation sites (N-methyl/N-ethyl adjacent to an activating group) is 1. The number of likely N-dealkylation sites (tertiary alicyclic amines) is 1. The first-order valence-electron chi connectivity index (χ1n) is 15.7. The summed E-state index contributed by atoms with van der Waals surface area (Å²) in [4.78, 5) is 17.7. The van der Waals surface area contributed by atoms with Crippen molar-refractivity contribution in [1.82, 2.24) is 9.80 Å². The predicted molar refractivity (Wildman–Crippen MR) is 165 cm³/mol. The summed E-state index contributed by atoms with van der Waals surface area (Å²) in [5, 5.41) is 23.9. The fourth-order valence-corrected chi connectivity index (χ4v) is 8.90. The van der Waals surface area contributed by atoms with Gasteiger partial charge in [0.05, 0.1) is 17.1 Å². The molecule has 4 aliphatic rings. The Bertz CT molecular complexity index is 1680. The molecule has 0 aromatic heterocycles. The van der Waals surface area contributed by atoms with Gasteiger partial charge in [-0.05, 0) is 79.1 Å². The van der Waals surface area contributed by atoms with Gasteiger partial charge >= 0.3 is 6.36 Å². The molecule has 46 heavy (non-hydrogen) atoms. The van der Waals surface area contributed by atoms with Crippen LogP contribution in [0.25, 0.3) is 6.08 Å². The lowest BCUT2D eigenvalue weighted by Gasteiger charge is -2.66. The molecule has 1 amide bonds. The standard InChI is InChI=1S/C36H37F3N2O5/c1-22-21-35(44)28-20-25-12-13-27(42)32-30(25)34(35,16-18-41(28)17-15-23-7-4-3-5-8-23)33(45-32)31(22)40(2)29(43)14-11-24-9-6-10-26(19-24)46-36(37,38)39/h3-14,19,22,28,31,33,42,44H,15-18,20-21H2,1-2H3/t22-,28+,31+,33-,34-,35+/m0/s1. The number of carbonyl (C=O) groups is 1. The summed E-state index contributed by atoms with van der Waals surface area (Å²) in [6, 6.07) is 18.7. The van der Waals surface area contributed by atoms with Crippen molar-refractivity contribution in [3.05, 3.63) is 95.1 Å². The lowest BCUT2D eigenvalue weighted by atomic mass is 9.46. The zero-order chi connectivity index (χ0) is 32.4. The first-order chi connectivity index (χ1) is 21.9. The van der Waals surface area contributed by atoms with Crippen molar-refractivity contribution in [3.8, 4) is 17.2 Å². The van der Waals surface area contributed by atoms with Gasteiger partial charge in [-0.3, -0.25) is 9.69 Å². The number of nitrogens with zero attached hydrogens (tertiary/aromatic N) is 2. The Kier molecular flexibility index (Phi) is 7.36. The van der Waals surface area contributed by atoms with Crippen LogP contribution in [-0.2, 0) is 23.1 Å². The number of aromatic hydroxyl groups is 1. The predicted octanol–water partition coefficient (Wildman–Crippen LogP) is 5.47. The third-order valence-corrected chi connectivity index (χ3v) is 10.7. The van der Waals surface area contributed by atoms with Crippen molar-refractivity contribution >= 4 is 12.0 Å². The number of aliphatic hydroxyl groups is 1. The number of carbonyl (C=O) groups excluding carboxylic acids is 1. The van der Waals surface area contributed by atoms with E-state index in [0.717, 1.165) is 30.6 Å². The Morgan fingerprint density at radius 2 is 1.93 bits per heavy atom. The molecular formula is C36H37F3N2O5. The molecule has 0 unspecified atom stereocenters. The highest BCUT2D eigenvalue weighted by atomic mass is 19.4. The van der Waals surface area contributed by atoms with Gasteiger partial charge in [0.2, 0.25) is 5.91 Å². The van der Waals surface area contributed by atoms with E-state index in [0.29, 0.717) is 30.6 Å². The molecule has 2 N–H and O–H groups in total. The average Bonchev–Trinajstić information content (AvgIpc) is 3.35. The Hall–Kier alpha value is -4.02. The second kappa shape index (κ2) is 11.1. The summed E-state index contributed by atoms with van der Waals surface area (Å²) in [5.41, 5.74) is 1.58. The molecule has 1 spiro atoms. The van der Waals surface area contributed by atoms with E-state index < -0.39 is 29.5 Å². The summed E-state index contributed by atoms with van der Waals surface area (Å²) in [6.07, 6.45) is -0.0850. The van der Waals surface area contributed by atoms with Gasteiger partial charge in [-0.25, -0.2) is 0 Å². The van der Waals surface area contributed by atoms with E-state index >= 15 is 0 Å². The highest BCUT2D eigenvalue weighted by Crippen LogP contribution is 2.66. The Balaban J connectivity index is 1.19. The zero-order valence-corrected chi connectivity index (χ0v) is 25.7. The number of hydrogen-bond donors (Lipinski definition) is 2. The van der Waals surface area contributed by atoms with Crippen LogP contribution in [0, 0.1) is 5.92 Å². The average molecular weight is 635 g/mol. The fourth-order valence-electron chi connectivity index (χ4n) is 8.90. The summed E-state index contributed by atoms with van der Waals surface area (Å²) in [5.74, 6) is -0.462. The maximum Gasteiger partial charge on any atom is 0.573 e. The lowest BCUT2D eigenvalue weighted by Crippen LogP contribution is -2.79. The zero-order valence-electron chi connectivity index (χ0n) is 25.7. The van der Waals surface area contributed by atoms with Crippen molar-refractivity contribution in [2.24, 2.45) is 5.92 Å². The number of rotatable bonds is 7. The van der Waals surface area contributed by atoms with Crippen molar-refractivity contribution in [2.75, 3.05) is 20.1 Å². The minimum atomic E-state index is -4.82. The SMILES string of the molecule is C[C@H]1C[C@@]2(O)[C@H]3Cc4ccc(O)c5c4[C@@]2(CCN3CCc2ccccc2)[C@@H](O5)[C@@H]1N(C)C(=O)C=Cc1cccc(OC(F)(F)F)c1. The van der Waals surface area contributed by atoms with Crippen LogP contribution in [0.15, 0.2) is 72.8 Å². The van der Waals surface area contributed by atoms with E-state index in [1.807, 2.05) is 31.2 Å². The van der Waals surface area contributed by atoms with Gasteiger partial charge in [0.1, 0.15) is 11.9 Å². The molecule has 2 fully saturated rings. The number of phenols is 1. The second-order valence-electron chi connectivity index (χ2n) is 13.2. The molecular weight excluding hydrogens is 597 g/mol. The van der Waals surface area contributed by atoms with Crippen LogP contribution in [0.1, 0.15) is 42.0 Å². The third kappa shape index (κ3) is 4.84. The summed E-state index contributed by atoms with van der Waals surface area (Å²) in [7, 11) is 1.69. The Labute approximate surface area is 265 Å². The van der Waals surface area contributed by atoms with E-state index in [-0.39, 0.29) is 29.4 Å². The molecule has 7 rings (SSSR count).